The summed E-state index contributed by atoms with van der Waals surface area (Å²) in [5.41, 5.74) is 1.67. The molecule has 2 rings (SSSR count). The number of halogens is 1. The molecule has 1 aliphatic heterocycles. The summed E-state index contributed by atoms with van der Waals surface area (Å²) in [6.45, 7) is 0. The lowest BCUT2D eigenvalue weighted by Gasteiger charge is -2.06. The molecule has 0 aromatic heterocycles. The highest BCUT2D eigenvalue weighted by Crippen LogP contribution is 2.31. The van der Waals surface area contributed by atoms with Crippen molar-refractivity contribution in [2.75, 3.05) is 3.93 Å². The van der Waals surface area contributed by atoms with Crippen LogP contribution in [0, 0.1) is 0 Å². The molecule has 1 N–H and O–H groups in total. The van der Waals surface area contributed by atoms with Crippen molar-refractivity contribution in [1.29, 1.82) is 0 Å². The van der Waals surface area contributed by atoms with E-state index in [-0.39, 0.29) is 17.9 Å². The van der Waals surface area contributed by atoms with Gasteiger partial charge in [-0.15, -0.1) is 0 Å². The number of nitrogens with zero attached hydrogens (tertiary/aromatic N) is 1. The number of carboxylic acid groups (broad SMARTS) is 1. The lowest BCUT2D eigenvalue weighted by molar-refractivity contribution is -0.116. The Hall–Kier alpha value is -1.36. The van der Waals surface area contributed by atoms with E-state index in [1.165, 1.54) is 16.1 Å². The SMILES string of the molecule is O=C(O)c1ccc2c(c1)CC(=O)N2Br. The van der Waals surface area contributed by atoms with Crippen LogP contribution in [0.25, 0.3) is 0 Å². The minimum absolute atomic E-state index is 0.0810. The predicted molar refractivity (Wildman–Crippen MR) is 53.5 cm³/mol. The summed E-state index contributed by atoms with van der Waals surface area (Å²) in [6, 6.07) is 4.63. The van der Waals surface area contributed by atoms with Gasteiger partial charge in [0.25, 0.3) is 0 Å². The van der Waals surface area contributed by atoms with Crippen molar-refractivity contribution in [3.05, 3.63) is 29.3 Å². The zero-order valence-electron chi connectivity index (χ0n) is 7.03. The molecule has 0 radical (unpaired) electrons. The third-order valence-corrected chi connectivity index (χ3v) is 2.88. The standard InChI is InChI=1S/C9H6BrNO3/c10-11-7-2-1-5(9(13)14)3-6(7)4-8(11)12/h1-3H,4H2,(H,13,14). The normalized spacial score (nSPS) is 14.4. The Morgan fingerprint density at radius 1 is 1.50 bits per heavy atom. The van der Waals surface area contributed by atoms with Crippen molar-refractivity contribution >= 4 is 33.7 Å². The van der Waals surface area contributed by atoms with Gasteiger partial charge in [-0.2, -0.15) is 0 Å². The fraction of sp³-hybridized carbons (Fsp3) is 0.111. The van der Waals surface area contributed by atoms with E-state index in [9.17, 15) is 9.59 Å². The largest absolute Gasteiger partial charge is 0.478 e. The first-order valence-corrected chi connectivity index (χ1v) is 4.65. The highest BCUT2D eigenvalue weighted by atomic mass is 79.9. The Morgan fingerprint density at radius 2 is 2.21 bits per heavy atom. The number of aromatic carboxylic acids is 1. The number of hydrogen-bond donors (Lipinski definition) is 1. The molecule has 14 heavy (non-hydrogen) atoms. The van der Waals surface area contributed by atoms with E-state index in [1.54, 1.807) is 6.07 Å². The van der Waals surface area contributed by atoms with Crippen LogP contribution in [0.2, 0.25) is 0 Å². The van der Waals surface area contributed by atoms with Crippen molar-refractivity contribution < 1.29 is 14.7 Å². The number of fused-ring (bicyclic) bond motifs is 1. The van der Waals surface area contributed by atoms with Crippen molar-refractivity contribution in [3.63, 3.8) is 0 Å². The van der Waals surface area contributed by atoms with Crippen LogP contribution in [0.5, 0.6) is 0 Å². The molecule has 0 saturated carbocycles. The van der Waals surface area contributed by atoms with Crippen molar-refractivity contribution in [2.45, 2.75) is 6.42 Å². The van der Waals surface area contributed by atoms with Gasteiger partial charge in [0.1, 0.15) is 0 Å². The van der Waals surface area contributed by atoms with Crippen LogP contribution in [0.1, 0.15) is 15.9 Å². The van der Waals surface area contributed by atoms with Crippen LogP contribution in [-0.2, 0) is 11.2 Å². The summed E-state index contributed by atoms with van der Waals surface area (Å²) >= 11 is 3.10. The molecule has 0 fully saturated rings. The zero-order valence-corrected chi connectivity index (χ0v) is 8.61. The van der Waals surface area contributed by atoms with Gasteiger partial charge in [-0.25, -0.2) is 8.72 Å². The first kappa shape index (κ1) is 9.21. The van der Waals surface area contributed by atoms with Gasteiger partial charge in [0.05, 0.1) is 33.8 Å². The fourth-order valence-electron chi connectivity index (χ4n) is 1.42. The molecular weight excluding hydrogens is 250 g/mol. The molecule has 1 aliphatic rings. The van der Waals surface area contributed by atoms with E-state index >= 15 is 0 Å². The Morgan fingerprint density at radius 3 is 2.86 bits per heavy atom. The monoisotopic (exact) mass is 255 g/mol. The number of benzene rings is 1. The van der Waals surface area contributed by atoms with Gasteiger partial charge in [0.2, 0.25) is 5.91 Å². The highest BCUT2D eigenvalue weighted by Gasteiger charge is 2.26. The molecule has 0 aliphatic carbocycles. The smallest absolute Gasteiger partial charge is 0.335 e. The number of carboxylic acids is 1. The van der Waals surface area contributed by atoms with Gasteiger partial charge in [-0.1, -0.05) is 0 Å². The zero-order chi connectivity index (χ0) is 10.3. The van der Waals surface area contributed by atoms with Gasteiger partial charge in [0, 0.05) is 0 Å². The summed E-state index contributed by atoms with van der Waals surface area (Å²) in [7, 11) is 0. The van der Waals surface area contributed by atoms with Crippen LogP contribution >= 0.6 is 16.1 Å². The van der Waals surface area contributed by atoms with E-state index in [0.717, 1.165) is 11.3 Å². The second-order valence-corrected chi connectivity index (χ2v) is 3.71. The van der Waals surface area contributed by atoms with Gasteiger partial charge in [-0.3, -0.25) is 4.79 Å². The molecule has 0 unspecified atom stereocenters. The third-order valence-electron chi connectivity index (χ3n) is 2.10. The minimum Gasteiger partial charge on any atom is -0.478 e. The highest BCUT2D eigenvalue weighted by molar-refractivity contribution is 9.10. The average molecular weight is 256 g/mol. The first-order valence-electron chi connectivity index (χ1n) is 3.94. The summed E-state index contributed by atoms with van der Waals surface area (Å²) in [5.74, 6) is -1.06. The Kier molecular flexibility index (Phi) is 2.03. The van der Waals surface area contributed by atoms with Crippen LogP contribution in [0.4, 0.5) is 5.69 Å². The number of amides is 1. The molecule has 1 heterocycles. The topological polar surface area (TPSA) is 57.6 Å². The number of rotatable bonds is 1. The van der Waals surface area contributed by atoms with Crippen molar-refractivity contribution in [2.24, 2.45) is 0 Å². The maximum absolute atomic E-state index is 11.2. The van der Waals surface area contributed by atoms with Crippen LogP contribution in [0.15, 0.2) is 18.2 Å². The second kappa shape index (κ2) is 3.09. The van der Waals surface area contributed by atoms with Gasteiger partial charge in [-0.05, 0) is 23.8 Å². The van der Waals surface area contributed by atoms with Gasteiger partial charge < -0.3 is 5.11 Å². The van der Waals surface area contributed by atoms with Crippen LogP contribution in [-0.4, -0.2) is 17.0 Å². The van der Waals surface area contributed by atoms with E-state index in [4.69, 9.17) is 5.11 Å². The van der Waals surface area contributed by atoms with Crippen molar-refractivity contribution in [1.82, 2.24) is 0 Å². The fourth-order valence-corrected chi connectivity index (χ4v) is 1.89. The Balaban J connectivity index is 2.49. The lowest BCUT2D eigenvalue weighted by Crippen LogP contribution is -2.13. The predicted octanol–water partition coefficient (Wildman–Crippen LogP) is 1.58. The second-order valence-electron chi connectivity index (χ2n) is 3.00. The first-order chi connectivity index (χ1) is 6.59. The van der Waals surface area contributed by atoms with Crippen LogP contribution < -0.4 is 3.93 Å². The molecule has 72 valence electrons. The van der Waals surface area contributed by atoms with Crippen molar-refractivity contribution in [3.8, 4) is 0 Å². The number of hydrogen-bond acceptors (Lipinski definition) is 2. The lowest BCUT2D eigenvalue weighted by atomic mass is 10.1. The summed E-state index contributed by atoms with van der Waals surface area (Å²) in [5, 5.41) is 8.74. The number of carbonyl (C=O) groups is 2. The molecule has 5 heteroatoms. The molecule has 1 aromatic carbocycles. The maximum Gasteiger partial charge on any atom is 0.335 e. The number of anilines is 1. The molecule has 4 nitrogen and oxygen atoms in total. The average Bonchev–Trinajstić information content (AvgIpc) is 2.42. The van der Waals surface area contributed by atoms with E-state index in [1.807, 2.05) is 0 Å². The molecule has 0 saturated heterocycles. The summed E-state index contributed by atoms with van der Waals surface area (Å²) in [4.78, 5) is 21.9. The molecule has 0 atom stereocenters. The molecule has 1 aromatic rings. The minimum atomic E-state index is -0.978. The van der Waals surface area contributed by atoms with E-state index in [0.29, 0.717) is 0 Å². The summed E-state index contributed by atoms with van der Waals surface area (Å²) < 4.78 is 1.36. The maximum atomic E-state index is 11.2. The Labute approximate surface area is 88.5 Å². The third kappa shape index (κ3) is 1.29. The van der Waals surface area contributed by atoms with Gasteiger partial charge in [0.15, 0.2) is 0 Å². The number of carbonyl (C=O) groups excluding carboxylic acids is 1. The Bertz CT molecular complexity index is 430. The van der Waals surface area contributed by atoms with E-state index in [2.05, 4.69) is 16.1 Å². The molecule has 1 amide bonds. The van der Waals surface area contributed by atoms with Crippen LogP contribution in [0.3, 0.4) is 0 Å². The molecular formula is C9H6BrNO3. The quantitative estimate of drug-likeness (QED) is 0.776. The van der Waals surface area contributed by atoms with Gasteiger partial charge >= 0.3 is 5.97 Å². The summed E-state index contributed by atoms with van der Waals surface area (Å²) in [6.07, 6.45) is 0.252. The van der Waals surface area contributed by atoms with E-state index < -0.39 is 5.97 Å². The molecule has 0 spiro atoms. The molecule has 0 bridgehead atoms.